The van der Waals surface area contributed by atoms with E-state index in [1.807, 2.05) is 36.4 Å². The van der Waals surface area contributed by atoms with Crippen molar-refractivity contribution < 1.29 is 4.79 Å². The first-order valence-electron chi connectivity index (χ1n) is 9.31. The van der Waals surface area contributed by atoms with Crippen LogP contribution in [0.1, 0.15) is 41.5 Å². The lowest BCUT2D eigenvalue weighted by Crippen LogP contribution is -2.34. The third kappa shape index (κ3) is 3.63. The Bertz CT molecular complexity index is 929. The highest BCUT2D eigenvalue weighted by Gasteiger charge is 2.33. The van der Waals surface area contributed by atoms with Gasteiger partial charge < -0.3 is 9.47 Å². The second-order valence-electron chi connectivity index (χ2n) is 7.16. The molecule has 0 bridgehead atoms. The predicted molar refractivity (Wildman–Crippen MR) is 101 cm³/mol. The summed E-state index contributed by atoms with van der Waals surface area (Å²) in [6.45, 7) is 5.82. The number of rotatable bonds is 5. The van der Waals surface area contributed by atoms with E-state index < -0.39 is 0 Å². The van der Waals surface area contributed by atoms with Gasteiger partial charge in [0, 0.05) is 43.6 Å². The Morgan fingerprint density at radius 2 is 2.04 bits per heavy atom. The molecule has 27 heavy (non-hydrogen) atoms. The molecule has 1 fully saturated rings. The zero-order valence-electron chi connectivity index (χ0n) is 15.7. The molecule has 0 N–H and O–H groups in total. The summed E-state index contributed by atoms with van der Waals surface area (Å²) in [7, 11) is 0. The third-order valence-electron chi connectivity index (χ3n) is 5.11. The number of aryl methyl sites for hydroxylation is 2. The molecule has 1 saturated heterocycles. The Morgan fingerprint density at radius 3 is 2.78 bits per heavy atom. The summed E-state index contributed by atoms with van der Waals surface area (Å²) >= 11 is 0. The SMILES string of the molecule is Cc1cnn(CC(=O)N2CCCC2c2ncc(C)n2Cc2ccncc2)c1. The molecule has 0 radical (unpaired) electrons. The number of imidazole rings is 1. The number of aromatic nitrogens is 5. The van der Waals surface area contributed by atoms with Gasteiger partial charge in [-0.15, -0.1) is 0 Å². The van der Waals surface area contributed by atoms with Gasteiger partial charge in [0.05, 0.1) is 12.2 Å². The smallest absolute Gasteiger partial charge is 0.244 e. The number of carbonyl (C=O) groups excluding carboxylic acids is 1. The number of amides is 1. The number of likely N-dealkylation sites (tertiary alicyclic amines) is 1. The maximum Gasteiger partial charge on any atom is 0.244 e. The number of hydrogen-bond donors (Lipinski definition) is 0. The molecule has 4 rings (SSSR count). The van der Waals surface area contributed by atoms with E-state index >= 15 is 0 Å². The Morgan fingerprint density at radius 1 is 1.22 bits per heavy atom. The minimum Gasteiger partial charge on any atom is -0.331 e. The van der Waals surface area contributed by atoms with Crippen LogP contribution in [0.4, 0.5) is 0 Å². The topological polar surface area (TPSA) is 68.8 Å². The van der Waals surface area contributed by atoms with Gasteiger partial charge in [0.2, 0.25) is 5.91 Å². The van der Waals surface area contributed by atoms with Crippen LogP contribution < -0.4 is 0 Å². The second kappa shape index (κ2) is 7.34. The number of hydrogen-bond acceptors (Lipinski definition) is 4. The van der Waals surface area contributed by atoms with Crippen LogP contribution in [0.5, 0.6) is 0 Å². The molecule has 1 aliphatic rings. The van der Waals surface area contributed by atoms with Crippen LogP contribution in [0.2, 0.25) is 0 Å². The van der Waals surface area contributed by atoms with Crippen LogP contribution in [-0.4, -0.2) is 41.7 Å². The van der Waals surface area contributed by atoms with Gasteiger partial charge in [0.1, 0.15) is 12.4 Å². The van der Waals surface area contributed by atoms with E-state index in [1.54, 1.807) is 23.3 Å². The van der Waals surface area contributed by atoms with Crippen molar-refractivity contribution in [2.75, 3.05) is 6.54 Å². The molecule has 1 atom stereocenters. The number of pyridine rings is 1. The van der Waals surface area contributed by atoms with Crippen molar-refractivity contribution in [2.24, 2.45) is 0 Å². The van der Waals surface area contributed by atoms with Crippen LogP contribution in [0.3, 0.4) is 0 Å². The number of nitrogens with zero attached hydrogens (tertiary/aromatic N) is 6. The lowest BCUT2D eigenvalue weighted by molar-refractivity contribution is -0.133. The van der Waals surface area contributed by atoms with Crippen molar-refractivity contribution in [1.29, 1.82) is 0 Å². The van der Waals surface area contributed by atoms with Gasteiger partial charge in [-0.25, -0.2) is 4.98 Å². The first-order valence-corrected chi connectivity index (χ1v) is 9.31. The highest BCUT2D eigenvalue weighted by atomic mass is 16.2. The van der Waals surface area contributed by atoms with E-state index in [9.17, 15) is 4.79 Å². The maximum absolute atomic E-state index is 12.9. The molecular formula is C20H24N6O. The minimum atomic E-state index is 0.0182. The van der Waals surface area contributed by atoms with E-state index in [-0.39, 0.29) is 18.5 Å². The van der Waals surface area contributed by atoms with E-state index in [4.69, 9.17) is 0 Å². The molecule has 3 aromatic rings. The van der Waals surface area contributed by atoms with E-state index in [0.717, 1.165) is 43.0 Å². The molecule has 140 valence electrons. The van der Waals surface area contributed by atoms with Crippen molar-refractivity contribution in [3.05, 3.63) is 65.8 Å². The first kappa shape index (κ1) is 17.5. The van der Waals surface area contributed by atoms with E-state index in [1.165, 1.54) is 5.56 Å². The Hall–Kier alpha value is -2.96. The zero-order chi connectivity index (χ0) is 18.8. The Kier molecular flexibility index (Phi) is 4.75. The van der Waals surface area contributed by atoms with Crippen molar-refractivity contribution in [1.82, 2.24) is 29.2 Å². The Balaban J connectivity index is 1.56. The average molecular weight is 364 g/mol. The molecule has 4 heterocycles. The monoisotopic (exact) mass is 364 g/mol. The minimum absolute atomic E-state index is 0.0182. The lowest BCUT2D eigenvalue weighted by Gasteiger charge is -2.25. The second-order valence-corrected chi connectivity index (χ2v) is 7.16. The van der Waals surface area contributed by atoms with Gasteiger partial charge in [-0.05, 0) is 49.9 Å². The first-order chi connectivity index (χ1) is 13.1. The van der Waals surface area contributed by atoms with Crippen molar-refractivity contribution in [3.63, 3.8) is 0 Å². The number of carbonyl (C=O) groups is 1. The van der Waals surface area contributed by atoms with Gasteiger partial charge in [0.15, 0.2) is 0 Å². The zero-order valence-corrected chi connectivity index (χ0v) is 15.7. The molecule has 7 nitrogen and oxygen atoms in total. The summed E-state index contributed by atoms with van der Waals surface area (Å²) < 4.78 is 3.92. The molecule has 7 heteroatoms. The summed E-state index contributed by atoms with van der Waals surface area (Å²) in [5.74, 6) is 1.06. The largest absolute Gasteiger partial charge is 0.331 e. The van der Waals surface area contributed by atoms with Gasteiger partial charge >= 0.3 is 0 Å². The molecule has 1 amide bonds. The van der Waals surface area contributed by atoms with E-state index in [2.05, 4.69) is 26.6 Å². The molecule has 1 aliphatic heterocycles. The Labute approximate surface area is 158 Å². The molecule has 0 spiro atoms. The molecule has 1 unspecified atom stereocenters. The van der Waals surface area contributed by atoms with Crippen molar-refractivity contribution >= 4 is 5.91 Å². The summed E-state index contributed by atoms with van der Waals surface area (Å²) in [5.41, 5.74) is 3.34. The highest BCUT2D eigenvalue weighted by Crippen LogP contribution is 2.32. The molecular weight excluding hydrogens is 340 g/mol. The van der Waals surface area contributed by atoms with Gasteiger partial charge in [-0.1, -0.05) is 0 Å². The molecule has 3 aromatic heterocycles. The van der Waals surface area contributed by atoms with Crippen LogP contribution in [-0.2, 0) is 17.9 Å². The van der Waals surface area contributed by atoms with Crippen LogP contribution in [0, 0.1) is 13.8 Å². The summed E-state index contributed by atoms with van der Waals surface area (Å²) in [6, 6.07) is 4.05. The predicted octanol–water partition coefficient (Wildman–Crippen LogP) is 2.50. The van der Waals surface area contributed by atoms with Gasteiger partial charge in [-0.2, -0.15) is 5.10 Å². The van der Waals surface area contributed by atoms with Crippen molar-refractivity contribution in [3.8, 4) is 0 Å². The maximum atomic E-state index is 12.9. The van der Waals surface area contributed by atoms with E-state index in [0.29, 0.717) is 0 Å². The highest BCUT2D eigenvalue weighted by molar-refractivity contribution is 5.76. The summed E-state index contributed by atoms with van der Waals surface area (Å²) in [4.78, 5) is 23.6. The van der Waals surface area contributed by atoms with Crippen LogP contribution in [0.25, 0.3) is 0 Å². The fourth-order valence-corrected chi connectivity index (χ4v) is 3.74. The molecule has 0 aromatic carbocycles. The molecule has 0 aliphatic carbocycles. The quantitative estimate of drug-likeness (QED) is 0.698. The summed E-state index contributed by atoms with van der Waals surface area (Å²) in [5, 5.41) is 4.24. The van der Waals surface area contributed by atoms with Crippen LogP contribution in [0.15, 0.2) is 43.1 Å². The standard InChI is InChI=1S/C20H24N6O/c1-15-10-23-24(12-15)14-19(27)25-9-3-4-18(25)20-22-11-16(2)26(20)13-17-5-7-21-8-6-17/h5-8,10-12,18H,3-4,9,13-14H2,1-2H3. The fourth-order valence-electron chi connectivity index (χ4n) is 3.74. The molecule has 0 saturated carbocycles. The fraction of sp³-hybridized carbons (Fsp3) is 0.400. The van der Waals surface area contributed by atoms with Gasteiger partial charge in [-0.3, -0.25) is 14.5 Å². The third-order valence-corrected chi connectivity index (χ3v) is 5.11. The van der Waals surface area contributed by atoms with Crippen molar-refractivity contribution in [2.45, 2.75) is 45.8 Å². The average Bonchev–Trinajstić information content (AvgIpc) is 3.37. The summed E-state index contributed by atoms with van der Waals surface area (Å²) in [6.07, 6.45) is 11.1. The van der Waals surface area contributed by atoms with Gasteiger partial charge in [0.25, 0.3) is 0 Å². The normalized spacial score (nSPS) is 16.8. The van der Waals surface area contributed by atoms with Crippen LogP contribution >= 0.6 is 0 Å². The lowest BCUT2D eigenvalue weighted by atomic mass is 10.2.